The molecule has 1 aliphatic heterocycles. The van der Waals surface area contributed by atoms with Crippen LogP contribution in [-0.2, 0) is 13.1 Å². The second kappa shape index (κ2) is 10.7. The molecule has 0 radical (unpaired) electrons. The van der Waals surface area contributed by atoms with Gasteiger partial charge in [-0.2, -0.15) is 0 Å². The largest absolute Gasteiger partial charge is 0.488 e. The molecule has 0 spiro atoms. The number of hydrogen-bond donors (Lipinski definition) is 2. The van der Waals surface area contributed by atoms with Crippen molar-refractivity contribution in [2.24, 2.45) is 0 Å². The van der Waals surface area contributed by atoms with Crippen molar-refractivity contribution in [1.29, 1.82) is 0 Å². The number of amides is 4. The number of nitrogens with one attached hydrogen (secondary N) is 2. The molecule has 182 valence electrons. The fraction of sp³-hybridized carbons (Fsp3) is 0.231. The molecule has 0 saturated carbocycles. The minimum Gasteiger partial charge on any atom is -0.488 e. The minimum atomic E-state index is -0.908. The summed E-state index contributed by atoms with van der Waals surface area (Å²) in [6, 6.07) is 19.7. The molecule has 35 heavy (non-hydrogen) atoms. The van der Waals surface area contributed by atoms with Crippen molar-refractivity contribution in [3.63, 3.8) is 0 Å². The number of urea groups is 2. The van der Waals surface area contributed by atoms with E-state index in [4.69, 9.17) is 16.3 Å². The zero-order valence-corrected chi connectivity index (χ0v) is 20.1. The number of hydrogen-bond acceptors (Lipinski definition) is 4. The van der Waals surface area contributed by atoms with Crippen LogP contribution in [0.5, 0.6) is 5.75 Å². The molecule has 3 aromatic rings. The predicted molar refractivity (Wildman–Crippen MR) is 132 cm³/mol. The maximum absolute atomic E-state index is 14.6. The van der Waals surface area contributed by atoms with Gasteiger partial charge in [0.1, 0.15) is 0 Å². The molecule has 0 bridgehead atoms. The Hall–Kier alpha value is -3.78. The van der Waals surface area contributed by atoms with Crippen LogP contribution in [0.1, 0.15) is 25.0 Å². The molecule has 1 unspecified atom stereocenters. The Morgan fingerprint density at radius 2 is 1.69 bits per heavy atom. The van der Waals surface area contributed by atoms with Crippen molar-refractivity contribution in [2.45, 2.75) is 39.3 Å². The molecule has 3 aromatic carbocycles. The maximum atomic E-state index is 14.6. The Labute approximate surface area is 208 Å². The number of benzene rings is 3. The van der Waals surface area contributed by atoms with Crippen LogP contribution in [0.4, 0.5) is 19.7 Å². The van der Waals surface area contributed by atoms with Gasteiger partial charge in [0.2, 0.25) is 0 Å². The average molecular weight is 497 g/mol. The summed E-state index contributed by atoms with van der Waals surface area (Å²) in [5, 5.41) is 6.44. The van der Waals surface area contributed by atoms with Crippen molar-refractivity contribution < 1.29 is 18.7 Å². The Morgan fingerprint density at radius 3 is 2.34 bits per heavy atom. The molecule has 7 nitrogen and oxygen atoms in total. The van der Waals surface area contributed by atoms with Crippen LogP contribution in [0.2, 0.25) is 5.02 Å². The third-order valence-corrected chi connectivity index (χ3v) is 5.59. The molecule has 4 amide bonds. The fourth-order valence-corrected chi connectivity index (χ4v) is 3.81. The minimum absolute atomic E-state index is 0.116. The molecule has 1 atom stereocenters. The first-order valence-corrected chi connectivity index (χ1v) is 11.6. The first-order chi connectivity index (χ1) is 16.8. The monoisotopic (exact) mass is 496 g/mol. The SMILES string of the molecule is CC(C)Oc1ccc(NC2NC(=O)N(Cc3ccccc3)C(=O)N2Cc2ccc(Cl)cc2)cc1F. The zero-order chi connectivity index (χ0) is 24.9. The van der Waals surface area contributed by atoms with Gasteiger partial charge < -0.3 is 10.1 Å². The number of anilines is 1. The number of ether oxygens (including phenoxy) is 1. The van der Waals surface area contributed by atoms with Crippen LogP contribution in [0, 0.1) is 5.82 Å². The third kappa shape index (κ3) is 6.02. The first kappa shape index (κ1) is 24.3. The molecule has 2 N–H and O–H groups in total. The topological polar surface area (TPSA) is 73.9 Å². The summed E-state index contributed by atoms with van der Waals surface area (Å²) >= 11 is 6.01. The highest BCUT2D eigenvalue weighted by atomic mass is 35.5. The lowest BCUT2D eigenvalue weighted by Gasteiger charge is -2.41. The Kier molecular flexibility index (Phi) is 7.41. The van der Waals surface area contributed by atoms with E-state index in [0.717, 1.165) is 16.0 Å². The lowest BCUT2D eigenvalue weighted by atomic mass is 10.2. The summed E-state index contributed by atoms with van der Waals surface area (Å²) in [4.78, 5) is 29.0. The number of nitrogens with zero attached hydrogens (tertiary/aromatic N) is 2. The van der Waals surface area contributed by atoms with Gasteiger partial charge in [0.25, 0.3) is 0 Å². The van der Waals surface area contributed by atoms with Crippen molar-refractivity contribution in [1.82, 2.24) is 15.1 Å². The van der Waals surface area contributed by atoms with Gasteiger partial charge in [0.15, 0.2) is 17.9 Å². The van der Waals surface area contributed by atoms with E-state index >= 15 is 0 Å². The molecule has 0 aliphatic carbocycles. The highest BCUT2D eigenvalue weighted by Crippen LogP contribution is 2.25. The second-order valence-corrected chi connectivity index (χ2v) is 8.85. The number of halogens is 2. The van der Waals surface area contributed by atoms with Crippen LogP contribution in [0.15, 0.2) is 72.8 Å². The van der Waals surface area contributed by atoms with Crippen LogP contribution >= 0.6 is 11.6 Å². The fourth-order valence-electron chi connectivity index (χ4n) is 3.69. The van der Waals surface area contributed by atoms with E-state index in [1.54, 1.807) is 18.2 Å². The Morgan fingerprint density at radius 1 is 1.00 bits per heavy atom. The van der Waals surface area contributed by atoms with Gasteiger partial charge >= 0.3 is 12.1 Å². The summed E-state index contributed by atoms with van der Waals surface area (Å²) in [5.41, 5.74) is 2.02. The normalized spacial score (nSPS) is 15.9. The van der Waals surface area contributed by atoms with Gasteiger partial charge in [-0.15, -0.1) is 0 Å². The van der Waals surface area contributed by atoms with E-state index in [2.05, 4.69) is 10.6 Å². The van der Waals surface area contributed by atoms with E-state index in [1.165, 1.54) is 17.0 Å². The molecule has 4 rings (SSSR count). The molecule has 1 saturated heterocycles. The summed E-state index contributed by atoms with van der Waals surface area (Å²) in [6.07, 6.45) is -1.09. The van der Waals surface area contributed by atoms with Gasteiger partial charge in [-0.1, -0.05) is 54.1 Å². The summed E-state index contributed by atoms with van der Waals surface area (Å²) < 4.78 is 20.0. The maximum Gasteiger partial charge on any atom is 0.331 e. The van der Waals surface area contributed by atoms with Crippen molar-refractivity contribution in [3.05, 3.63) is 94.8 Å². The highest BCUT2D eigenvalue weighted by Gasteiger charge is 2.38. The molecule has 1 aliphatic rings. The van der Waals surface area contributed by atoms with Gasteiger partial charge in [0, 0.05) is 16.8 Å². The van der Waals surface area contributed by atoms with E-state index < -0.39 is 24.2 Å². The standard InChI is InChI=1S/C26H26ClFN4O3/c1-17(2)35-23-13-12-21(14-22(23)28)29-24-30-25(33)32(16-18-6-4-3-5-7-18)26(34)31(24)15-19-8-10-20(27)11-9-19/h3-14,17,24,29H,15-16H2,1-2H3,(H,30,33). The summed E-state index contributed by atoms with van der Waals surface area (Å²) in [5.74, 6) is -0.423. The summed E-state index contributed by atoms with van der Waals surface area (Å²) in [7, 11) is 0. The van der Waals surface area contributed by atoms with E-state index in [9.17, 15) is 14.0 Å². The van der Waals surface area contributed by atoms with E-state index in [0.29, 0.717) is 10.7 Å². The predicted octanol–water partition coefficient (Wildman–Crippen LogP) is 5.81. The van der Waals surface area contributed by atoms with Crippen molar-refractivity contribution in [3.8, 4) is 5.75 Å². The molecule has 1 fully saturated rings. The quantitative estimate of drug-likeness (QED) is 0.413. The van der Waals surface area contributed by atoms with Crippen molar-refractivity contribution >= 4 is 29.4 Å². The second-order valence-electron chi connectivity index (χ2n) is 8.42. The molecular weight excluding hydrogens is 471 g/mol. The van der Waals surface area contributed by atoms with Crippen LogP contribution in [-0.4, -0.2) is 34.3 Å². The molecule has 0 aromatic heterocycles. The average Bonchev–Trinajstić information content (AvgIpc) is 2.82. The van der Waals surface area contributed by atoms with Crippen molar-refractivity contribution in [2.75, 3.05) is 5.32 Å². The van der Waals surface area contributed by atoms with Crippen LogP contribution in [0.25, 0.3) is 0 Å². The van der Waals surface area contributed by atoms with Gasteiger partial charge in [-0.3, -0.25) is 10.2 Å². The van der Waals surface area contributed by atoms with Gasteiger partial charge in [-0.25, -0.2) is 18.9 Å². The Balaban J connectivity index is 1.59. The third-order valence-electron chi connectivity index (χ3n) is 5.34. The lowest BCUT2D eigenvalue weighted by molar-refractivity contribution is 0.104. The van der Waals surface area contributed by atoms with Gasteiger partial charge in [-0.05, 0) is 49.2 Å². The highest BCUT2D eigenvalue weighted by molar-refractivity contribution is 6.30. The number of carbonyl (C=O) groups is 2. The molecular formula is C26H26ClFN4O3. The zero-order valence-electron chi connectivity index (χ0n) is 19.4. The summed E-state index contributed by atoms with van der Waals surface area (Å²) in [6.45, 7) is 3.93. The molecule has 9 heteroatoms. The van der Waals surface area contributed by atoms with E-state index in [1.807, 2.05) is 56.3 Å². The molecule has 1 heterocycles. The number of rotatable bonds is 8. The van der Waals surface area contributed by atoms with Gasteiger partial charge in [0.05, 0.1) is 19.2 Å². The first-order valence-electron chi connectivity index (χ1n) is 11.2. The Bertz CT molecular complexity index is 1190. The smallest absolute Gasteiger partial charge is 0.331 e. The number of imide groups is 1. The number of carbonyl (C=O) groups excluding carboxylic acids is 2. The lowest BCUT2D eigenvalue weighted by Crippen LogP contribution is -2.66. The van der Waals surface area contributed by atoms with E-state index in [-0.39, 0.29) is 24.9 Å². The van der Waals surface area contributed by atoms with Crippen LogP contribution < -0.4 is 15.4 Å². The van der Waals surface area contributed by atoms with Crippen LogP contribution in [0.3, 0.4) is 0 Å².